The van der Waals surface area contributed by atoms with Crippen LogP contribution in [0, 0.1) is 6.92 Å². The van der Waals surface area contributed by atoms with Crippen LogP contribution in [0.1, 0.15) is 36.4 Å². The van der Waals surface area contributed by atoms with Crippen LogP contribution >= 0.6 is 22.9 Å². The molecule has 0 aliphatic carbocycles. The van der Waals surface area contributed by atoms with Crippen LogP contribution in [0.5, 0.6) is 5.75 Å². The van der Waals surface area contributed by atoms with Gasteiger partial charge in [0, 0.05) is 11.6 Å². The molecule has 0 unspecified atom stereocenters. The molecule has 6 nitrogen and oxygen atoms in total. The second kappa shape index (κ2) is 7.46. The van der Waals surface area contributed by atoms with Crippen molar-refractivity contribution in [3.63, 3.8) is 0 Å². The predicted molar refractivity (Wildman–Crippen MR) is 92.7 cm³/mol. The molecule has 1 fully saturated rings. The zero-order valence-electron chi connectivity index (χ0n) is 13.4. The molecule has 1 aromatic heterocycles. The van der Waals surface area contributed by atoms with E-state index in [0.717, 1.165) is 30.0 Å². The van der Waals surface area contributed by atoms with Gasteiger partial charge in [0.05, 0.1) is 0 Å². The number of rotatable bonds is 5. The van der Waals surface area contributed by atoms with Crippen molar-refractivity contribution in [2.75, 3.05) is 11.9 Å². The summed E-state index contributed by atoms with van der Waals surface area (Å²) < 4.78 is 11.3. The fraction of sp³-hybridized carbons (Fsp3) is 0.438. The number of aromatic nitrogens is 2. The molecule has 1 amide bonds. The monoisotopic (exact) mass is 367 g/mol. The Hall–Kier alpha value is -1.70. The summed E-state index contributed by atoms with van der Waals surface area (Å²) in [6, 6.07) is 5.27. The van der Waals surface area contributed by atoms with E-state index in [-0.39, 0.29) is 12.0 Å². The summed E-state index contributed by atoms with van der Waals surface area (Å²) in [6.45, 7) is 4.31. The highest BCUT2D eigenvalue weighted by Crippen LogP contribution is 2.32. The first-order valence-corrected chi connectivity index (χ1v) is 8.91. The van der Waals surface area contributed by atoms with Gasteiger partial charge in [-0.3, -0.25) is 10.1 Å². The van der Waals surface area contributed by atoms with E-state index in [1.807, 2.05) is 6.92 Å². The van der Waals surface area contributed by atoms with Crippen molar-refractivity contribution in [2.45, 2.75) is 38.9 Å². The summed E-state index contributed by atoms with van der Waals surface area (Å²) in [6.07, 6.45) is 1.30. The van der Waals surface area contributed by atoms with Gasteiger partial charge in [-0.15, -0.1) is 10.2 Å². The Kier molecular flexibility index (Phi) is 5.33. The number of anilines is 1. The van der Waals surface area contributed by atoms with Crippen LogP contribution in [-0.2, 0) is 9.53 Å². The van der Waals surface area contributed by atoms with E-state index < -0.39 is 6.10 Å². The van der Waals surface area contributed by atoms with E-state index in [4.69, 9.17) is 21.1 Å². The highest BCUT2D eigenvalue weighted by Gasteiger charge is 2.23. The van der Waals surface area contributed by atoms with Crippen molar-refractivity contribution in [3.8, 4) is 5.75 Å². The number of nitrogens with zero attached hydrogens (tertiary/aromatic N) is 2. The third kappa shape index (κ3) is 4.03. The van der Waals surface area contributed by atoms with Crippen LogP contribution in [0.25, 0.3) is 0 Å². The first-order chi connectivity index (χ1) is 11.5. The highest BCUT2D eigenvalue weighted by atomic mass is 35.5. The van der Waals surface area contributed by atoms with Crippen LogP contribution in [0.4, 0.5) is 5.13 Å². The largest absolute Gasteiger partial charge is 0.481 e. The zero-order chi connectivity index (χ0) is 17.1. The molecule has 1 saturated heterocycles. The number of amides is 1. The molecule has 0 saturated carbocycles. The molecule has 2 aromatic rings. The van der Waals surface area contributed by atoms with Gasteiger partial charge in [-0.2, -0.15) is 0 Å². The number of halogens is 1. The molecular weight excluding hydrogens is 350 g/mol. The van der Waals surface area contributed by atoms with E-state index in [1.165, 1.54) is 11.3 Å². The number of ether oxygens (including phenoxy) is 2. The molecule has 24 heavy (non-hydrogen) atoms. The minimum absolute atomic E-state index is 0.00135. The minimum Gasteiger partial charge on any atom is -0.481 e. The second-order valence-electron chi connectivity index (χ2n) is 5.61. The van der Waals surface area contributed by atoms with Gasteiger partial charge in [0.1, 0.15) is 16.9 Å². The van der Waals surface area contributed by atoms with E-state index in [2.05, 4.69) is 15.5 Å². The molecule has 2 heterocycles. The fourth-order valence-electron chi connectivity index (χ4n) is 2.38. The van der Waals surface area contributed by atoms with Crippen molar-refractivity contribution < 1.29 is 14.3 Å². The average molecular weight is 368 g/mol. The predicted octanol–water partition coefficient (Wildman–Crippen LogP) is 3.76. The third-order valence-corrected chi connectivity index (χ3v) is 4.85. The number of carbonyl (C=O) groups is 1. The summed E-state index contributed by atoms with van der Waals surface area (Å²) in [5.41, 5.74) is 0.874. The van der Waals surface area contributed by atoms with Crippen molar-refractivity contribution in [3.05, 3.63) is 33.8 Å². The van der Waals surface area contributed by atoms with Crippen LogP contribution < -0.4 is 10.1 Å². The zero-order valence-corrected chi connectivity index (χ0v) is 15.0. The maximum atomic E-state index is 12.3. The summed E-state index contributed by atoms with van der Waals surface area (Å²) in [4.78, 5) is 12.3. The van der Waals surface area contributed by atoms with E-state index in [0.29, 0.717) is 15.9 Å². The van der Waals surface area contributed by atoms with Crippen molar-refractivity contribution in [1.29, 1.82) is 0 Å². The fourth-order valence-corrected chi connectivity index (χ4v) is 3.44. The molecule has 0 bridgehead atoms. The number of hydrogen-bond donors (Lipinski definition) is 1. The SMILES string of the molecule is Cc1cc(Cl)ccc1O[C@H](C)C(=O)Nc1nnc([C@H]2CCCO2)s1. The molecule has 3 rings (SSSR count). The average Bonchev–Trinajstić information content (AvgIpc) is 3.20. The lowest BCUT2D eigenvalue weighted by molar-refractivity contribution is -0.122. The standard InChI is InChI=1S/C16H18ClN3O3S/c1-9-8-11(17)5-6-12(9)23-10(2)14(21)18-16-20-19-15(24-16)13-4-3-7-22-13/h5-6,8,10,13H,3-4,7H2,1-2H3,(H,18,20,21)/t10-,13-/m1/s1. The van der Waals surface area contributed by atoms with Gasteiger partial charge in [-0.1, -0.05) is 22.9 Å². The van der Waals surface area contributed by atoms with E-state index in [1.54, 1.807) is 25.1 Å². The summed E-state index contributed by atoms with van der Waals surface area (Å²) in [7, 11) is 0. The molecule has 0 spiro atoms. The molecule has 2 atom stereocenters. The molecule has 1 aromatic carbocycles. The van der Waals surface area contributed by atoms with Crippen molar-refractivity contribution in [2.24, 2.45) is 0 Å². The Morgan fingerprint density at radius 2 is 2.33 bits per heavy atom. The van der Waals surface area contributed by atoms with Gasteiger partial charge in [0.2, 0.25) is 5.13 Å². The van der Waals surface area contributed by atoms with Crippen LogP contribution in [0.2, 0.25) is 5.02 Å². The number of nitrogens with one attached hydrogen (secondary N) is 1. The van der Waals surface area contributed by atoms with Crippen LogP contribution in [0.3, 0.4) is 0 Å². The summed E-state index contributed by atoms with van der Waals surface area (Å²) in [5.74, 6) is 0.346. The maximum Gasteiger partial charge on any atom is 0.266 e. The number of carbonyl (C=O) groups excluding carboxylic acids is 1. The maximum absolute atomic E-state index is 12.3. The third-order valence-electron chi connectivity index (χ3n) is 3.69. The summed E-state index contributed by atoms with van der Waals surface area (Å²) >= 11 is 7.26. The van der Waals surface area contributed by atoms with Crippen molar-refractivity contribution in [1.82, 2.24) is 10.2 Å². The Morgan fingerprint density at radius 1 is 1.50 bits per heavy atom. The first-order valence-electron chi connectivity index (χ1n) is 7.71. The Morgan fingerprint density at radius 3 is 3.04 bits per heavy atom. The van der Waals surface area contributed by atoms with Crippen LogP contribution in [0.15, 0.2) is 18.2 Å². The first kappa shape index (κ1) is 17.1. The lowest BCUT2D eigenvalue weighted by Gasteiger charge is -2.15. The molecule has 128 valence electrons. The molecule has 8 heteroatoms. The van der Waals surface area contributed by atoms with Gasteiger partial charge >= 0.3 is 0 Å². The molecular formula is C16H18ClN3O3S. The van der Waals surface area contributed by atoms with Gasteiger partial charge in [0.25, 0.3) is 5.91 Å². The van der Waals surface area contributed by atoms with E-state index >= 15 is 0 Å². The smallest absolute Gasteiger partial charge is 0.266 e. The normalized spacial score (nSPS) is 18.4. The Balaban J connectivity index is 1.59. The molecule has 1 aliphatic heterocycles. The Labute approximate surface area is 149 Å². The highest BCUT2D eigenvalue weighted by molar-refractivity contribution is 7.15. The topological polar surface area (TPSA) is 73.3 Å². The molecule has 1 N–H and O–H groups in total. The quantitative estimate of drug-likeness (QED) is 0.871. The van der Waals surface area contributed by atoms with E-state index in [9.17, 15) is 4.79 Å². The van der Waals surface area contributed by atoms with Gasteiger partial charge in [0.15, 0.2) is 6.10 Å². The lowest BCUT2D eigenvalue weighted by Crippen LogP contribution is -2.30. The number of aryl methyl sites for hydroxylation is 1. The lowest BCUT2D eigenvalue weighted by atomic mass is 10.2. The second-order valence-corrected chi connectivity index (χ2v) is 7.05. The number of hydrogen-bond acceptors (Lipinski definition) is 6. The van der Waals surface area contributed by atoms with Gasteiger partial charge in [-0.25, -0.2) is 0 Å². The molecule has 1 aliphatic rings. The number of benzene rings is 1. The Bertz CT molecular complexity index is 731. The minimum atomic E-state index is -0.667. The van der Waals surface area contributed by atoms with Gasteiger partial charge in [-0.05, 0) is 50.5 Å². The summed E-state index contributed by atoms with van der Waals surface area (Å²) in [5, 5.41) is 12.7. The van der Waals surface area contributed by atoms with Crippen LogP contribution in [-0.4, -0.2) is 28.8 Å². The molecule has 0 radical (unpaired) electrons. The van der Waals surface area contributed by atoms with Gasteiger partial charge < -0.3 is 9.47 Å². The van der Waals surface area contributed by atoms with Crippen molar-refractivity contribution >= 4 is 34.0 Å².